The molecule has 0 aliphatic carbocycles. The molecule has 1 heteroatoms. The van der Waals surface area contributed by atoms with Gasteiger partial charge in [0.15, 0.2) is 0 Å². The van der Waals surface area contributed by atoms with Gasteiger partial charge in [0, 0.05) is 13.1 Å². The highest BCUT2D eigenvalue weighted by molar-refractivity contribution is 5.28. The molecule has 0 saturated heterocycles. The summed E-state index contributed by atoms with van der Waals surface area (Å²) in [6, 6.07) is 0. The Bertz CT molecular complexity index is 194. The fraction of sp³-hybridized carbons (Fsp3) is 0.818. The minimum absolute atomic E-state index is 0.350. The largest absolute Gasteiger partial charge is 0.309 e. The van der Waals surface area contributed by atoms with Crippen LogP contribution in [0.5, 0.6) is 0 Å². The third-order valence-electron chi connectivity index (χ3n) is 2.61. The molecule has 1 aliphatic rings. The summed E-state index contributed by atoms with van der Waals surface area (Å²) in [6.07, 6.45) is 0. The molecule has 1 heterocycles. The van der Waals surface area contributed by atoms with Gasteiger partial charge in [-0.25, -0.2) is 0 Å². The molecule has 0 amide bonds. The van der Waals surface area contributed by atoms with Crippen LogP contribution in [0, 0.1) is 11.3 Å². The standard InChI is InChI=1S/C11H21N/c1-8(2)9-6-12-7-10(9)11(3,4)5/h8,12H,6-7H2,1-5H3. The Morgan fingerprint density at radius 2 is 1.75 bits per heavy atom. The average molecular weight is 167 g/mol. The van der Waals surface area contributed by atoms with E-state index in [9.17, 15) is 0 Å². The lowest BCUT2D eigenvalue weighted by Crippen LogP contribution is -2.16. The third-order valence-corrected chi connectivity index (χ3v) is 2.61. The van der Waals surface area contributed by atoms with Crippen molar-refractivity contribution in [1.29, 1.82) is 0 Å². The SMILES string of the molecule is CC(C)C1=C(C(C)(C)C)CNC1. The molecule has 1 nitrogen and oxygen atoms in total. The van der Waals surface area contributed by atoms with Crippen LogP contribution in [0.15, 0.2) is 11.1 Å². The Morgan fingerprint density at radius 3 is 2.08 bits per heavy atom. The van der Waals surface area contributed by atoms with Crippen LogP contribution in [0.3, 0.4) is 0 Å². The predicted octanol–water partition coefficient (Wildman–Crippen LogP) is 2.59. The Morgan fingerprint density at radius 1 is 1.17 bits per heavy atom. The summed E-state index contributed by atoms with van der Waals surface area (Å²) < 4.78 is 0. The van der Waals surface area contributed by atoms with E-state index in [0.29, 0.717) is 11.3 Å². The molecule has 0 radical (unpaired) electrons. The Hall–Kier alpha value is -0.300. The number of hydrogen-bond donors (Lipinski definition) is 1. The van der Waals surface area contributed by atoms with E-state index in [1.807, 2.05) is 0 Å². The zero-order valence-electron chi connectivity index (χ0n) is 8.99. The van der Waals surface area contributed by atoms with Crippen LogP contribution in [-0.2, 0) is 0 Å². The third kappa shape index (κ3) is 1.89. The molecule has 70 valence electrons. The van der Waals surface area contributed by atoms with Crippen LogP contribution in [-0.4, -0.2) is 13.1 Å². The molecule has 0 aromatic carbocycles. The maximum absolute atomic E-state index is 3.44. The molecule has 0 spiro atoms. The molecule has 0 atom stereocenters. The number of rotatable bonds is 1. The summed E-state index contributed by atoms with van der Waals surface area (Å²) in [7, 11) is 0. The van der Waals surface area contributed by atoms with Crippen molar-refractivity contribution in [2.24, 2.45) is 11.3 Å². The van der Waals surface area contributed by atoms with Crippen molar-refractivity contribution in [2.45, 2.75) is 34.6 Å². The number of hydrogen-bond acceptors (Lipinski definition) is 1. The predicted molar refractivity (Wildman–Crippen MR) is 54.2 cm³/mol. The zero-order chi connectivity index (χ0) is 9.35. The second kappa shape index (κ2) is 3.21. The summed E-state index contributed by atoms with van der Waals surface area (Å²) in [5, 5.41) is 3.44. The van der Waals surface area contributed by atoms with Crippen molar-refractivity contribution in [2.75, 3.05) is 13.1 Å². The monoisotopic (exact) mass is 167 g/mol. The fourth-order valence-electron chi connectivity index (χ4n) is 1.84. The van der Waals surface area contributed by atoms with Gasteiger partial charge in [0.05, 0.1) is 0 Å². The smallest absolute Gasteiger partial charge is 0.0176 e. The van der Waals surface area contributed by atoms with E-state index in [1.54, 1.807) is 11.1 Å². The van der Waals surface area contributed by atoms with Gasteiger partial charge >= 0.3 is 0 Å². The van der Waals surface area contributed by atoms with Crippen molar-refractivity contribution in [3.8, 4) is 0 Å². The first-order valence-electron chi connectivity index (χ1n) is 4.86. The van der Waals surface area contributed by atoms with Gasteiger partial charge in [-0.2, -0.15) is 0 Å². The van der Waals surface area contributed by atoms with Crippen LogP contribution >= 0.6 is 0 Å². The maximum atomic E-state index is 3.44. The molecule has 0 saturated carbocycles. The first-order chi connectivity index (χ1) is 5.43. The summed E-state index contributed by atoms with van der Waals surface area (Å²) in [6.45, 7) is 13.7. The van der Waals surface area contributed by atoms with E-state index >= 15 is 0 Å². The highest BCUT2D eigenvalue weighted by Gasteiger charge is 2.25. The van der Waals surface area contributed by atoms with Gasteiger partial charge in [0.25, 0.3) is 0 Å². The summed E-state index contributed by atoms with van der Waals surface area (Å²) >= 11 is 0. The van der Waals surface area contributed by atoms with E-state index in [-0.39, 0.29) is 0 Å². The van der Waals surface area contributed by atoms with Crippen molar-refractivity contribution in [1.82, 2.24) is 5.32 Å². The highest BCUT2D eigenvalue weighted by Crippen LogP contribution is 2.32. The van der Waals surface area contributed by atoms with Crippen LogP contribution < -0.4 is 5.32 Å². The normalized spacial score (nSPS) is 19.5. The van der Waals surface area contributed by atoms with E-state index in [0.717, 1.165) is 13.1 Å². The second-order valence-electron chi connectivity index (χ2n) is 5.01. The molecule has 0 aromatic heterocycles. The molecular formula is C11H21N. The van der Waals surface area contributed by atoms with Crippen LogP contribution in [0.25, 0.3) is 0 Å². The van der Waals surface area contributed by atoms with Crippen LogP contribution in [0.1, 0.15) is 34.6 Å². The first-order valence-corrected chi connectivity index (χ1v) is 4.86. The topological polar surface area (TPSA) is 12.0 Å². The molecule has 1 rings (SSSR count). The molecule has 1 N–H and O–H groups in total. The van der Waals surface area contributed by atoms with Gasteiger partial charge < -0.3 is 5.32 Å². The number of nitrogens with one attached hydrogen (secondary N) is 1. The van der Waals surface area contributed by atoms with Gasteiger partial charge in [-0.1, -0.05) is 45.8 Å². The average Bonchev–Trinajstić information content (AvgIpc) is 2.30. The Labute approximate surface area is 76.2 Å². The highest BCUT2D eigenvalue weighted by atomic mass is 14.9. The molecule has 12 heavy (non-hydrogen) atoms. The van der Waals surface area contributed by atoms with E-state index in [1.165, 1.54) is 0 Å². The van der Waals surface area contributed by atoms with Crippen molar-refractivity contribution >= 4 is 0 Å². The van der Waals surface area contributed by atoms with Crippen molar-refractivity contribution < 1.29 is 0 Å². The maximum Gasteiger partial charge on any atom is 0.0176 e. The molecule has 0 aromatic rings. The minimum atomic E-state index is 0.350. The lowest BCUT2D eigenvalue weighted by molar-refractivity contribution is 0.487. The summed E-state index contributed by atoms with van der Waals surface area (Å²) in [4.78, 5) is 0. The first kappa shape index (κ1) is 9.79. The fourth-order valence-corrected chi connectivity index (χ4v) is 1.84. The minimum Gasteiger partial charge on any atom is -0.309 e. The van der Waals surface area contributed by atoms with Crippen LogP contribution in [0.2, 0.25) is 0 Å². The van der Waals surface area contributed by atoms with Gasteiger partial charge in [0.1, 0.15) is 0 Å². The van der Waals surface area contributed by atoms with Gasteiger partial charge in [-0.3, -0.25) is 0 Å². The molecule has 0 bridgehead atoms. The van der Waals surface area contributed by atoms with E-state index < -0.39 is 0 Å². The van der Waals surface area contributed by atoms with Gasteiger partial charge in [0.2, 0.25) is 0 Å². The Balaban J connectivity index is 2.92. The summed E-state index contributed by atoms with van der Waals surface area (Å²) in [5.74, 6) is 0.703. The van der Waals surface area contributed by atoms with Gasteiger partial charge in [-0.05, 0) is 11.3 Å². The van der Waals surface area contributed by atoms with Crippen LogP contribution in [0.4, 0.5) is 0 Å². The molecule has 0 unspecified atom stereocenters. The van der Waals surface area contributed by atoms with E-state index in [2.05, 4.69) is 39.9 Å². The molecule has 1 aliphatic heterocycles. The molecule has 0 fully saturated rings. The van der Waals surface area contributed by atoms with E-state index in [4.69, 9.17) is 0 Å². The van der Waals surface area contributed by atoms with Crippen molar-refractivity contribution in [3.63, 3.8) is 0 Å². The quantitative estimate of drug-likeness (QED) is 0.592. The zero-order valence-corrected chi connectivity index (χ0v) is 8.99. The second-order valence-corrected chi connectivity index (χ2v) is 5.01. The van der Waals surface area contributed by atoms with Crippen molar-refractivity contribution in [3.05, 3.63) is 11.1 Å². The molecular weight excluding hydrogens is 146 g/mol. The summed E-state index contributed by atoms with van der Waals surface area (Å²) in [5.41, 5.74) is 3.60. The lowest BCUT2D eigenvalue weighted by Gasteiger charge is -2.23. The lowest BCUT2D eigenvalue weighted by atomic mass is 9.82. The van der Waals surface area contributed by atoms with Gasteiger partial charge in [-0.15, -0.1) is 0 Å². The Kier molecular flexibility index (Phi) is 2.62.